The number of anilines is 1. The van der Waals surface area contributed by atoms with Gasteiger partial charge in [0.1, 0.15) is 5.82 Å². The third-order valence-electron chi connectivity index (χ3n) is 7.50. The number of nitrogens with one attached hydrogen (secondary N) is 2. The van der Waals surface area contributed by atoms with Crippen LogP contribution >= 0.6 is 0 Å². The highest BCUT2D eigenvalue weighted by Crippen LogP contribution is 2.54. The summed E-state index contributed by atoms with van der Waals surface area (Å²) in [5.41, 5.74) is 5.06. The second kappa shape index (κ2) is 8.85. The second-order valence-electron chi connectivity index (χ2n) is 10.6. The lowest BCUT2D eigenvalue weighted by Gasteiger charge is -2.38. The Bertz CT molecular complexity index is 1470. The molecule has 38 heavy (non-hydrogen) atoms. The molecule has 1 aromatic carbocycles. The number of H-pyrrole nitrogens is 1. The number of hydrogen-bond acceptors (Lipinski definition) is 8. The van der Waals surface area contributed by atoms with Gasteiger partial charge in [-0.15, -0.1) is 0 Å². The molecule has 2 N–H and O–H groups in total. The minimum Gasteiger partial charge on any atom is -0.450 e. The largest absolute Gasteiger partial charge is 0.450 e. The lowest BCUT2D eigenvalue weighted by Crippen LogP contribution is -2.50. The molecule has 3 aliphatic rings. The fourth-order valence-electron chi connectivity index (χ4n) is 5.42. The minimum absolute atomic E-state index is 0.0804. The van der Waals surface area contributed by atoms with Crippen molar-refractivity contribution in [3.8, 4) is 22.4 Å². The van der Waals surface area contributed by atoms with Crippen molar-refractivity contribution in [2.45, 2.75) is 50.4 Å². The molecule has 3 fully saturated rings. The van der Waals surface area contributed by atoms with E-state index >= 15 is 0 Å². The Morgan fingerprint density at radius 2 is 1.84 bits per heavy atom. The van der Waals surface area contributed by atoms with E-state index in [-0.39, 0.29) is 17.8 Å². The molecule has 4 heterocycles. The molecule has 2 spiro atoms. The van der Waals surface area contributed by atoms with E-state index in [1.807, 2.05) is 42.7 Å². The van der Waals surface area contributed by atoms with E-state index in [4.69, 9.17) is 19.4 Å². The van der Waals surface area contributed by atoms with E-state index in [9.17, 15) is 4.79 Å². The third kappa shape index (κ3) is 4.50. The van der Waals surface area contributed by atoms with Crippen LogP contribution in [0.1, 0.15) is 38.4 Å². The average molecular weight is 512 g/mol. The summed E-state index contributed by atoms with van der Waals surface area (Å²) in [7, 11) is 0. The van der Waals surface area contributed by atoms with Crippen molar-refractivity contribution in [1.29, 1.82) is 0 Å². The summed E-state index contributed by atoms with van der Waals surface area (Å²) in [4.78, 5) is 36.2. The van der Waals surface area contributed by atoms with Crippen LogP contribution < -0.4 is 5.32 Å². The van der Waals surface area contributed by atoms with Crippen LogP contribution in [0.4, 0.5) is 10.7 Å². The molecule has 10 heteroatoms. The number of carbonyl (C=O) groups excluding carboxylic acids is 1. The third-order valence-corrected chi connectivity index (χ3v) is 7.50. The van der Waals surface area contributed by atoms with Crippen molar-refractivity contribution >= 4 is 23.1 Å². The van der Waals surface area contributed by atoms with Crippen LogP contribution in [0.2, 0.25) is 0 Å². The van der Waals surface area contributed by atoms with Crippen LogP contribution in [0.15, 0.2) is 48.9 Å². The summed E-state index contributed by atoms with van der Waals surface area (Å²) in [5, 5.41) is 2.65. The second-order valence-corrected chi connectivity index (χ2v) is 10.6. The zero-order valence-corrected chi connectivity index (χ0v) is 21.2. The van der Waals surface area contributed by atoms with Crippen molar-refractivity contribution in [3.05, 3.63) is 54.7 Å². The predicted molar refractivity (Wildman–Crippen MR) is 141 cm³/mol. The number of nitrogens with zero attached hydrogens (tertiary/aromatic N) is 5. The SMILES string of the molecule is CCOC(=O)Nc1nc2c(-c3ccccn3)cc(-c3cnc(CN4CC5(CC5)OC5(CC5)C4)nc3)cc2[nH]1. The highest BCUT2D eigenvalue weighted by molar-refractivity contribution is 5.97. The monoisotopic (exact) mass is 511 g/mol. The first-order valence-corrected chi connectivity index (χ1v) is 13.1. The normalized spacial score (nSPS) is 19.1. The molecule has 1 aliphatic heterocycles. The lowest BCUT2D eigenvalue weighted by atomic mass is 10.0. The molecule has 2 aliphatic carbocycles. The van der Waals surface area contributed by atoms with Gasteiger partial charge in [-0.3, -0.25) is 15.2 Å². The number of imidazole rings is 1. The first-order valence-electron chi connectivity index (χ1n) is 13.1. The molecule has 7 rings (SSSR count). The van der Waals surface area contributed by atoms with Gasteiger partial charge in [-0.25, -0.2) is 19.7 Å². The summed E-state index contributed by atoms with van der Waals surface area (Å²) < 4.78 is 11.4. The van der Waals surface area contributed by atoms with Gasteiger partial charge in [-0.1, -0.05) is 6.07 Å². The number of pyridine rings is 1. The van der Waals surface area contributed by atoms with Crippen LogP contribution in [0.3, 0.4) is 0 Å². The van der Waals surface area contributed by atoms with Crippen molar-refractivity contribution in [2.24, 2.45) is 0 Å². The maximum absolute atomic E-state index is 12.0. The minimum atomic E-state index is -0.560. The summed E-state index contributed by atoms with van der Waals surface area (Å²) in [5.74, 6) is 1.13. The van der Waals surface area contributed by atoms with Crippen LogP contribution in [0.5, 0.6) is 0 Å². The Morgan fingerprint density at radius 1 is 1.08 bits per heavy atom. The average Bonchev–Trinajstić information content (AvgIpc) is 3.80. The van der Waals surface area contributed by atoms with Gasteiger partial charge < -0.3 is 14.5 Å². The Balaban J connectivity index is 1.17. The molecule has 3 aromatic heterocycles. The molecule has 0 atom stereocenters. The Hall–Kier alpha value is -3.89. The van der Waals surface area contributed by atoms with E-state index in [0.29, 0.717) is 11.5 Å². The van der Waals surface area contributed by atoms with E-state index in [1.165, 1.54) is 0 Å². The van der Waals surface area contributed by atoms with Gasteiger partial charge in [0.25, 0.3) is 0 Å². The molecule has 2 saturated carbocycles. The van der Waals surface area contributed by atoms with Crippen LogP contribution in [0.25, 0.3) is 33.4 Å². The van der Waals surface area contributed by atoms with Crippen LogP contribution in [-0.4, -0.2) is 66.8 Å². The number of fused-ring (bicyclic) bond motifs is 1. The first-order chi connectivity index (χ1) is 18.5. The van der Waals surface area contributed by atoms with Crippen molar-refractivity contribution in [2.75, 3.05) is 25.0 Å². The molecule has 10 nitrogen and oxygen atoms in total. The van der Waals surface area contributed by atoms with Gasteiger partial charge in [0.15, 0.2) is 0 Å². The molecule has 0 radical (unpaired) electrons. The topological polar surface area (TPSA) is 118 Å². The van der Waals surface area contributed by atoms with Gasteiger partial charge in [-0.2, -0.15) is 0 Å². The number of carbonyl (C=O) groups is 1. The maximum Gasteiger partial charge on any atom is 0.413 e. The zero-order chi connectivity index (χ0) is 25.7. The summed E-state index contributed by atoms with van der Waals surface area (Å²) >= 11 is 0. The fraction of sp³-hybridized carbons (Fsp3) is 0.393. The number of aromatic nitrogens is 5. The number of hydrogen-bond donors (Lipinski definition) is 2. The predicted octanol–water partition coefficient (Wildman–Crippen LogP) is 4.55. The Kier molecular flexibility index (Phi) is 5.41. The van der Waals surface area contributed by atoms with E-state index in [1.54, 1.807) is 13.1 Å². The van der Waals surface area contributed by atoms with E-state index in [0.717, 1.165) is 79.0 Å². The molecule has 4 aromatic rings. The van der Waals surface area contributed by atoms with Gasteiger partial charge in [-0.05, 0) is 62.4 Å². The highest BCUT2D eigenvalue weighted by Gasteiger charge is 2.59. The number of ether oxygens (including phenoxy) is 2. The lowest BCUT2D eigenvalue weighted by molar-refractivity contribution is -0.120. The van der Waals surface area contributed by atoms with Crippen LogP contribution in [-0.2, 0) is 16.0 Å². The number of rotatable bonds is 6. The first kappa shape index (κ1) is 23.2. The van der Waals surface area contributed by atoms with E-state index in [2.05, 4.69) is 25.2 Å². The Labute approximate surface area is 219 Å². The maximum atomic E-state index is 12.0. The molecule has 1 saturated heterocycles. The fourth-order valence-corrected chi connectivity index (χ4v) is 5.42. The van der Waals surface area contributed by atoms with Crippen LogP contribution in [0, 0.1) is 0 Å². The molecule has 1 amide bonds. The summed E-state index contributed by atoms with van der Waals surface area (Å²) in [6, 6.07) is 9.77. The molecular weight excluding hydrogens is 482 g/mol. The Morgan fingerprint density at radius 3 is 2.50 bits per heavy atom. The summed E-state index contributed by atoms with van der Waals surface area (Å²) in [6.07, 6.45) is 9.59. The van der Waals surface area contributed by atoms with E-state index < -0.39 is 6.09 Å². The van der Waals surface area contributed by atoms with Crippen molar-refractivity contribution in [3.63, 3.8) is 0 Å². The zero-order valence-electron chi connectivity index (χ0n) is 21.2. The molecule has 0 unspecified atom stereocenters. The molecule has 194 valence electrons. The standard InChI is InChI=1S/C28H29N7O3/c1-2-37-26(36)34-25-32-22-12-18(11-20(24(22)33-25)21-5-3-4-10-29-21)19-13-30-23(31-14-19)15-35-16-27(6-7-27)38-28(17-35)8-9-28/h3-5,10-14H,2,6-9,15-17H2,1H3,(H2,32,33,34,36). The quantitative estimate of drug-likeness (QED) is 0.387. The number of benzene rings is 1. The van der Waals surface area contributed by atoms with Gasteiger partial charge in [0.2, 0.25) is 5.95 Å². The number of aromatic amines is 1. The smallest absolute Gasteiger partial charge is 0.413 e. The summed E-state index contributed by atoms with van der Waals surface area (Å²) in [6.45, 7) is 4.69. The molecule has 0 bridgehead atoms. The highest BCUT2D eigenvalue weighted by atomic mass is 16.5. The van der Waals surface area contributed by atoms with Gasteiger partial charge in [0.05, 0.1) is 41.1 Å². The van der Waals surface area contributed by atoms with Crippen molar-refractivity contribution in [1.82, 2.24) is 29.8 Å². The number of morpholine rings is 1. The van der Waals surface area contributed by atoms with Crippen molar-refractivity contribution < 1.29 is 14.3 Å². The van der Waals surface area contributed by atoms with Gasteiger partial charge >= 0.3 is 6.09 Å². The van der Waals surface area contributed by atoms with Gasteiger partial charge in [0, 0.05) is 42.8 Å². The number of amides is 1. The molecular formula is C28H29N7O3.